The Balaban J connectivity index is 1.64. The summed E-state index contributed by atoms with van der Waals surface area (Å²) in [6.07, 6.45) is 3.48. The lowest BCUT2D eigenvalue weighted by atomic mass is 10.2. The Morgan fingerprint density at radius 1 is 1.10 bits per heavy atom. The predicted octanol–water partition coefficient (Wildman–Crippen LogP) is 0.423. The Morgan fingerprint density at radius 3 is 2.52 bits per heavy atom. The van der Waals surface area contributed by atoms with Crippen LogP contribution in [0.5, 0.6) is 0 Å². The van der Waals surface area contributed by atoms with E-state index in [0.717, 1.165) is 18.1 Å². The number of nitrogens with zero attached hydrogens (tertiary/aromatic N) is 8. The Labute approximate surface area is 122 Å². The largest absolute Gasteiger partial charge is 0.295 e. The molecule has 0 N–H and O–H groups in total. The zero-order valence-corrected chi connectivity index (χ0v) is 12.0. The monoisotopic (exact) mass is 284 g/mol. The van der Waals surface area contributed by atoms with Gasteiger partial charge in [-0.05, 0) is 35.2 Å². The summed E-state index contributed by atoms with van der Waals surface area (Å²) in [6, 6.07) is 8.23. The minimum atomic E-state index is 0.703. The maximum atomic E-state index is 3.99. The molecule has 0 saturated carbocycles. The van der Waals surface area contributed by atoms with Crippen molar-refractivity contribution in [2.75, 3.05) is 7.05 Å². The first-order chi connectivity index (χ1) is 10.2. The average Bonchev–Trinajstić information content (AvgIpc) is 3.12. The molecule has 1 aromatic carbocycles. The Hall–Kier alpha value is -2.61. The van der Waals surface area contributed by atoms with Crippen molar-refractivity contribution in [3.8, 4) is 5.69 Å². The van der Waals surface area contributed by atoms with Crippen LogP contribution in [0, 0.1) is 0 Å². The van der Waals surface area contributed by atoms with Gasteiger partial charge in [-0.1, -0.05) is 17.3 Å². The molecular formula is C13H16N8. The molecule has 3 rings (SSSR count). The Bertz CT molecular complexity index is 685. The normalized spacial score (nSPS) is 11.2. The number of rotatable bonds is 5. The molecule has 3 aromatic rings. The molecule has 108 valence electrons. The van der Waals surface area contributed by atoms with Crippen LogP contribution in [0.15, 0.2) is 36.7 Å². The second kappa shape index (κ2) is 5.80. The molecule has 21 heavy (non-hydrogen) atoms. The van der Waals surface area contributed by atoms with E-state index in [0.29, 0.717) is 6.54 Å². The van der Waals surface area contributed by atoms with E-state index >= 15 is 0 Å². The van der Waals surface area contributed by atoms with Crippen LogP contribution < -0.4 is 0 Å². The quantitative estimate of drug-likeness (QED) is 0.676. The Kier molecular flexibility index (Phi) is 3.69. The number of aromatic nitrogens is 7. The van der Waals surface area contributed by atoms with E-state index in [1.807, 2.05) is 32.4 Å². The lowest BCUT2D eigenvalue weighted by Crippen LogP contribution is -2.19. The number of benzene rings is 1. The van der Waals surface area contributed by atoms with Crippen molar-refractivity contribution in [3.63, 3.8) is 0 Å². The molecule has 0 saturated heterocycles. The number of hydrogen-bond donors (Lipinski definition) is 0. The molecule has 2 aromatic heterocycles. The van der Waals surface area contributed by atoms with Crippen molar-refractivity contribution in [2.24, 2.45) is 7.05 Å². The summed E-state index contributed by atoms with van der Waals surface area (Å²) in [4.78, 5) is 2.16. The van der Waals surface area contributed by atoms with Crippen molar-refractivity contribution in [3.05, 3.63) is 48.0 Å². The first kappa shape index (κ1) is 13.4. The van der Waals surface area contributed by atoms with Gasteiger partial charge in [0.25, 0.3) is 0 Å². The molecule has 0 bridgehead atoms. The third-order valence-electron chi connectivity index (χ3n) is 3.20. The van der Waals surface area contributed by atoms with Crippen LogP contribution in [0.4, 0.5) is 0 Å². The van der Waals surface area contributed by atoms with Gasteiger partial charge in [0.2, 0.25) is 0 Å². The highest BCUT2D eigenvalue weighted by atomic mass is 15.5. The van der Waals surface area contributed by atoms with Crippen LogP contribution >= 0.6 is 0 Å². The van der Waals surface area contributed by atoms with Gasteiger partial charge in [-0.25, -0.2) is 9.36 Å². The summed E-state index contributed by atoms with van der Waals surface area (Å²) in [5.74, 6) is 0.844. The van der Waals surface area contributed by atoms with E-state index in [2.05, 4.69) is 42.9 Å². The minimum Gasteiger partial charge on any atom is -0.295 e. The average molecular weight is 284 g/mol. The number of aryl methyl sites for hydroxylation is 1. The molecule has 0 aliphatic carbocycles. The van der Waals surface area contributed by atoms with Crippen molar-refractivity contribution in [2.45, 2.75) is 13.1 Å². The molecule has 0 spiro atoms. The van der Waals surface area contributed by atoms with Crippen LogP contribution in [0.1, 0.15) is 11.4 Å². The third-order valence-corrected chi connectivity index (χ3v) is 3.20. The SMILES string of the molecule is CN(Cc1ccc(-n2ccnn2)cc1)Cc1nnnn1C. The molecule has 0 aliphatic heterocycles. The van der Waals surface area contributed by atoms with Gasteiger partial charge in [-0.15, -0.1) is 10.2 Å². The summed E-state index contributed by atoms with van der Waals surface area (Å²) < 4.78 is 3.42. The van der Waals surface area contributed by atoms with Gasteiger partial charge in [0.1, 0.15) is 0 Å². The first-order valence-corrected chi connectivity index (χ1v) is 6.58. The van der Waals surface area contributed by atoms with E-state index < -0.39 is 0 Å². The first-order valence-electron chi connectivity index (χ1n) is 6.58. The molecule has 0 aliphatic rings. The molecule has 0 unspecified atom stereocenters. The molecule has 8 nitrogen and oxygen atoms in total. The summed E-state index contributed by atoms with van der Waals surface area (Å²) in [5, 5.41) is 19.2. The van der Waals surface area contributed by atoms with E-state index in [1.54, 1.807) is 15.6 Å². The van der Waals surface area contributed by atoms with Gasteiger partial charge in [0.05, 0.1) is 24.6 Å². The van der Waals surface area contributed by atoms with Gasteiger partial charge in [0, 0.05) is 13.6 Å². The number of hydrogen-bond acceptors (Lipinski definition) is 6. The highest BCUT2D eigenvalue weighted by molar-refractivity contribution is 5.33. The molecule has 0 atom stereocenters. The van der Waals surface area contributed by atoms with E-state index in [4.69, 9.17) is 0 Å². The zero-order valence-electron chi connectivity index (χ0n) is 12.0. The molecule has 0 fully saturated rings. The summed E-state index contributed by atoms with van der Waals surface area (Å²) in [7, 11) is 3.89. The molecular weight excluding hydrogens is 268 g/mol. The van der Waals surface area contributed by atoms with Crippen molar-refractivity contribution < 1.29 is 0 Å². The van der Waals surface area contributed by atoms with Crippen LogP contribution in [-0.4, -0.2) is 47.1 Å². The minimum absolute atomic E-state index is 0.703. The van der Waals surface area contributed by atoms with Crippen LogP contribution in [-0.2, 0) is 20.1 Å². The fourth-order valence-corrected chi connectivity index (χ4v) is 2.09. The molecule has 8 heteroatoms. The van der Waals surface area contributed by atoms with Gasteiger partial charge in [-0.3, -0.25) is 4.90 Å². The highest BCUT2D eigenvalue weighted by Gasteiger charge is 2.07. The van der Waals surface area contributed by atoms with E-state index in [-0.39, 0.29) is 0 Å². The van der Waals surface area contributed by atoms with Crippen molar-refractivity contribution >= 4 is 0 Å². The maximum absolute atomic E-state index is 3.99. The van der Waals surface area contributed by atoms with Crippen LogP contribution in [0.2, 0.25) is 0 Å². The van der Waals surface area contributed by atoms with Gasteiger partial charge >= 0.3 is 0 Å². The van der Waals surface area contributed by atoms with Gasteiger partial charge in [0.15, 0.2) is 5.82 Å². The number of tetrazole rings is 1. The smallest absolute Gasteiger partial charge is 0.164 e. The lowest BCUT2D eigenvalue weighted by molar-refractivity contribution is 0.305. The van der Waals surface area contributed by atoms with Crippen molar-refractivity contribution in [1.29, 1.82) is 0 Å². The highest BCUT2D eigenvalue weighted by Crippen LogP contribution is 2.10. The fourth-order valence-electron chi connectivity index (χ4n) is 2.09. The third kappa shape index (κ3) is 3.11. The predicted molar refractivity (Wildman–Crippen MR) is 75.3 cm³/mol. The Morgan fingerprint density at radius 2 is 1.90 bits per heavy atom. The van der Waals surface area contributed by atoms with Gasteiger partial charge in [-0.2, -0.15) is 0 Å². The standard InChI is InChI=1S/C13H16N8/c1-19(10-13-15-16-18-20(13)2)9-11-3-5-12(6-4-11)21-8-7-14-17-21/h3-8H,9-10H2,1-2H3. The summed E-state index contributed by atoms with van der Waals surface area (Å²) >= 11 is 0. The maximum Gasteiger partial charge on any atom is 0.164 e. The van der Waals surface area contributed by atoms with Crippen LogP contribution in [0.3, 0.4) is 0 Å². The zero-order chi connectivity index (χ0) is 14.7. The topological polar surface area (TPSA) is 77.6 Å². The second-order valence-corrected chi connectivity index (χ2v) is 4.91. The fraction of sp³-hybridized carbons (Fsp3) is 0.308. The summed E-state index contributed by atoms with van der Waals surface area (Å²) in [5.41, 5.74) is 2.22. The van der Waals surface area contributed by atoms with Gasteiger partial charge < -0.3 is 0 Å². The molecule has 2 heterocycles. The summed E-state index contributed by atoms with van der Waals surface area (Å²) in [6.45, 7) is 1.53. The molecule has 0 radical (unpaired) electrons. The van der Waals surface area contributed by atoms with E-state index in [1.165, 1.54) is 5.56 Å². The van der Waals surface area contributed by atoms with E-state index in [9.17, 15) is 0 Å². The molecule has 0 amide bonds. The van der Waals surface area contributed by atoms with Crippen molar-refractivity contribution in [1.82, 2.24) is 40.1 Å². The van der Waals surface area contributed by atoms with Crippen LogP contribution in [0.25, 0.3) is 5.69 Å². The second-order valence-electron chi connectivity index (χ2n) is 4.91. The lowest BCUT2D eigenvalue weighted by Gasteiger charge is -2.15.